The molecule has 1 saturated heterocycles. The second-order valence-electron chi connectivity index (χ2n) is 8.33. The van der Waals surface area contributed by atoms with Crippen LogP contribution >= 0.6 is 0 Å². The molecule has 0 bridgehead atoms. The third kappa shape index (κ3) is 8.48. The van der Waals surface area contributed by atoms with Crippen molar-refractivity contribution >= 4 is 29.8 Å². The fourth-order valence-electron chi connectivity index (χ4n) is 3.80. The van der Waals surface area contributed by atoms with E-state index < -0.39 is 78.7 Å². The lowest BCUT2D eigenvalue weighted by molar-refractivity contribution is -0.312. The van der Waals surface area contributed by atoms with Crippen molar-refractivity contribution in [3.8, 4) is 0 Å². The van der Waals surface area contributed by atoms with E-state index in [9.17, 15) is 24.0 Å². The average molecular weight is 516 g/mol. The second kappa shape index (κ2) is 13.2. The minimum Gasteiger partial charge on any atom is -0.492 e. The molecule has 0 unspecified atom stereocenters. The molecule has 2 rings (SSSR count). The van der Waals surface area contributed by atoms with Crippen LogP contribution in [0.1, 0.15) is 41.5 Å². The lowest BCUT2D eigenvalue weighted by Gasteiger charge is -2.45. The summed E-state index contributed by atoms with van der Waals surface area (Å²) in [6.07, 6.45) is -4.43. The molecule has 8 atom stereocenters. The van der Waals surface area contributed by atoms with E-state index in [1.54, 1.807) is 6.92 Å². The number of carbonyl (C=O) groups is 5. The van der Waals surface area contributed by atoms with Crippen molar-refractivity contribution in [3.63, 3.8) is 0 Å². The van der Waals surface area contributed by atoms with E-state index in [1.807, 2.05) is 0 Å². The van der Waals surface area contributed by atoms with Gasteiger partial charge in [-0.15, -0.1) is 0 Å². The fourth-order valence-corrected chi connectivity index (χ4v) is 3.80. The molecule has 0 saturated carbocycles. The number of carbonyl (C=O) groups excluding carboxylic acids is 5. The Hall–Kier alpha value is -3.19. The molecule has 0 spiro atoms. The van der Waals surface area contributed by atoms with Crippen molar-refractivity contribution < 1.29 is 61.9 Å². The van der Waals surface area contributed by atoms with E-state index in [2.05, 4.69) is 0 Å². The summed E-state index contributed by atoms with van der Waals surface area (Å²) in [5.41, 5.74) is 0. The predicted molar refractivity (Wildman–Crippen MR) is 117 cm³/mol. The normalized spacial score (nSPS) is 31.4. The number of rotatable bonds is 9. The van der Waals surface area contributed by atoms with E-state index in [1.165, 1.54) is 47.0 Å². The summed E-state index contributed by atoms with van der Waals surface area (Å²) in [6.45, 7) is 7.09. The van der Waals surface area contributed by atoms with E-state index in [-0.39, 0.29) is 13.2 Å². The Balaban J connectivity index is 2.37. The van der Waals surface area contributed by atoms with Crippen LogP contribution < -0.4 is 0 Å². The number of hydrogen-bond donors (Lipinski definition) is 0. The minimum atomic E-state index is -1.14. The van der Waals surface area contributed by atoms with Gasteiger partial charge in [-0.1, -0.05) is 6.92 Å². The highest BCUT2D eigenvalue weighted by molar-refractivity contribution is 5.68. The van der Waals surface area contributed by atoms with Gasteiger partial charge in [-0.05, 0) is 6.08 Å². The van der Waals surface area contributed by atoms with Gasteiger partial charge in [0.05, 0.1) is 6.26 Å². The van der Waals surface area contributed by atoms with Gasteiger partial charge >= 0.3 is 29.8 Å². The first-order chi connectivity index (χ1) is 16.9. The molecule has 0 aromatic rings. The van der Waals surface area contributed by atoms with E-state index >= 15 is 0 Å². The SMILES string of the molecule is CC(=O)OC[C@H]1O[C@H](O[C@H]2[C@H](OC(C)=O)C=CO[C@@H]2COC(C)=O)[C@H](C)[C@@H](OC(C)=O)[C@@H]1OC(C)=O. The fraction of sp³-hybridized carbons (Fsp3) is 0.696. The topological polar surface area (TPSA) is 159 Å². The van der Waals surface area contributed by atoms with Crippen LogP contribution in [0.3, 0.4) is 0 Å². The Bertz CT molecular complexity index is 853. The van der Waals surface area contributed by atoms with Crippen LogP contribution in [-0.2, 0) is 61.9 Å². The van der Waals surface area contributed by atoms with Crippen LogP contribution in [0.25, 0.3) is 0 Å². The predicted octanol–water partition coefficient (Wildman–Crippen LogP) is 0.566. The van der Waals surface area contributed by atoms with Crippen LogP contribution in [0.15, 0.2) is 12.3 Å². The quantitative estimate of drug-likeness (QED) is 0.309. The Morgan fingerprint density at radius 2 is 1.22 bits per heavy atom. The number of ether oxygens (including phenoxy) is 8. The first kappa shape index (κ1) is 29.0. The zero-order chi connectivity index (χ0) is 27.0. The Labute approximate surface area is 208 Å². The molecular weight excluding hydrogens is 484 g/mol. The molecule has 36 heavy (non-hydrogen) atoms. The van der Waals surface area contributed by atoms with Crippen molar-refractivity contribution in [2.75, 3.05) is 13.2 Å². The van der Waals surface area contributed by atoms with Gasteiger partial charge in [-0.25, -0.2) is 0 Å². The highest BCUT2D eigenvalue weighted by Crippen LogP contribution is 2.34. The van der Waals surface area contributed by atoms with E-state index in [4.69, 9.17) is 37.9 Å². The Kier molecular flexibility index (Phi) is 10.7. The highest BCUT2D eigenvalue weighted by Gasteiger charge is 2.51. The third-order valence-electron chi connectivity index (χ3n) is 5.26. The van der Waals surface area contributed by atoms with Gasteiger partial charge in [-0.2, -0.15) is 0 Å². The van der Waals surface area contributed by atoms with Crippen LogP contribution in [0.2, 0.25) is 0 Å². The van der Waals surface area contributed by atoms with Gasteiger partial charge in [0.2, 0.25) is 0 Å². The van der Waals surface area contributed by atoms with Crippen LogP contribution in [0, 0.1) is 5.92 Å². The maximum Gasteiger partial charge on any atom is 0.303 e. The summed E-state index contributed by atoms with van der Waals surface area (Å²) in [5, 5.41) is 0. The van der Waals surface area contributed by atoms with E-state index in [0.717, 1.165) is 0 Å². The van der Waals surface area contributed by atoms with Gasteiger partial charge in [0.15, 0.2) is 24.6 Å². The third-order valence-corrected chi connectivity index (χ3v) is 5.26. The molecular formula is C23H32O13. The summed E-state index contributed by atoms with van der Waals surface area (Å²) in [4.78, 5) is 58.1. The van der Waals surface area contributed by atoms with E-state index in [0.29, 0.717) is 0 Å². The molecule has 0 aliphatic carbocycles. The lowest BCUT2D eigenvalue weighted by Crippen LogP contribution is -2.60. The molecule has 13 heteroatoms. The van der Waals surface area contributed by atoms with Crippen molar-refractivity contribution in [2.24, 2.45) is 5.92 Å². The van der Waals surface area contributed by atoms with Crippen molar-refractivity contribution in [2.45, 2.75) is 84.5 Å². The summed E-state index contributed by atoms with van der Waals surface area (Å²) in [7, 11) is 0. The summed E-state index contributed by atoms with van der Waals surface area (Å²) in [5.74, 6) is -3.79. The van der Waals surface area contributed by atoms with Crippen LogP contribution in [0.5, 0.6) is 0 Å². The average Bonchev–Trinajstić information content (AvgIpc) is 2.76. The molecule has 0 aromatic carbocycles. The molecule has 0 amide bonds. The molecule has 13 nitrogen and oxygen atoms in total. The molecule has 202 valence electrons. The molecule has 0 radical (unpaired) electrons. The zero-order valence-electron chi connectivity index (χ0n) is 21.0. The molecule has 0 N–H and O–H groups in total. The van der Waals surface area contributed by atoms with Crippen molar-refractivity contribution in [1.82, 2.24) is 0 Å². The Morgan fingerprint density at radius 3 is 1.75 bits per heavy atom. The minimum absolute atomic E-state index is 0.219. The molecule has 2 heterocycles. The summed E-state index contributed by atoms with van der Waals surface area (Å²) < 4.78 is 44.0. The summed E-state index contributed by atoms with van der Waals surface area (Å²) >= 11 is 0. The van der Waals surface area contributed by atoms with Gasteiger partial charge in [0.1, 0.15) is 31.5 Å². The standard InChI is InChI=1S/C23H32O13/c1-11-20(33-15(5)27)22(34-16(6)28)19(10-31-13(3)25)35-23(11)36-21-17(32-14(4)26)7-8-29-18(21)9-30-12(2)24/h7-8,11,17-23H,9-10H2,1-6H3/t11-,17-,18-,19-,20-,21+,22-,23-/m1/s1. The first-order valence-electron chi connectivity index (χ1n) is 11.3. The Morgan fingerprint density at radius 1 is 0.694 bits per heavy atom. The van der Waals surface area contributed by atoms with Crippen molar-refractivity contribution in [3.05, 3.63) is 12.3 Å². The van der Waals surface area contributed by atoms with Gasteiger partial charge in [0.25, 0.3) is 0 Å². The van der Waals surface area contributed by atoms with Gasteiger partial charge < -0.3 is 37.9 Å². The highest BCUT2D eigenvalue weighted by atomic mass is 16.7. The van der Waals surface area contributed by atoms with Crippen LogP contribution in [-0.4, -0.2) is 86.0 Å². The molecule has 2 aliphatic rings. The van der Waals surface area contributed by atoms with Gasteiger partial charge in [0, 0.05) is 40.5 Å². The molecule has 2 aliphatic heterocycles. The molecule has 1 fully saturated rings. The zero-order valence-corrected chi connectivity index (χ0v) is 21.0. The number of hydrogen-bond acceptors (Lipinski definition) is 13. The first-order valence-corrected chi connectivity index (χ1v) is 11.3. The lowest BCUT2D eigenvalue weighted by atomic mass is 9.91. The largest absolute Gasteiger partial charge is 0.492 e. The second-order valence-corrected chi connectivity index (χ2v) is 8.33. The smallest absolute Gasteiger partial charge is 0.303 e. The molecule has 0 aromatic heterocycles. The van der Waals surface area contributed by atoms with Gasteiger partial charge in [-0.3, -0.25) is 24.0 Å². The number of esters is 5. The maximum atomic E-state index is 11.9. The monoisotopic (exact) mass is 516 g/mol. The summed E-state index contributed by atoms with van der Waals surface area (Å²) in [6, 6.07) is 0. The van der Waals surface area contributed by atoms with Crippen LogP contribution in [0.4, 0.5) is 0 Å². The maximum absolute atomic E-state index is 11.9. The van der Waals surface area contributed by atoms with Crippen molar-refractivity contribution in [1.29, 1.82) is 0 Å².